The molecule has 4 heteroatoms. The van der Waals surface area contributed by atoms with E-state index in [4.69, 9.17) is 9.47 Å². The topological polar surface area (TPSA) is 21.7 Å². The second-order valence-electron chi connectivity index (χ2n) is 8.42. The molecule has 0 aromatic heterocycles. The number of rotatable bonds is 4. The summed E-state index contributed by atoms with van der Waals surface area (Å²) < 4.78 is 12.0. The van der Waals surface area contributed by atoms with Crippen LogP contribution < -0.4 is 9.47 Å². The number of benzene rings is 1. The second kappa shape index (κ2) is 5.96. The van der Waals surface area contributed by atoms with Crippen LogP contribution in [0.25, 0.3) is 0 Å². The van der Waals surface area contributed by atoms with Crippen LogP contribution in [0.3, 0.4) is 0 Å². The van der Waals surface area contributed by atoms with Crippen molar-refractivity contribution in [2.75, 3.05) is 20.8 Å². The maximum absolute atomic E-state index is 5.60. The number of ether oxygens (including phenoxy) is 2. The summed E-state index contributed by atoms with van der Waals surface area (Å²) in [5.74, 6) is 1.73. The molecule has 0 radical (unpaired) electrons. The van der Waals surface area contributed by atoms with Crippen molar-refractivity contribution in [1.82, 2.24) is 4.90 Å². The van der Waals surface area contributed by atoms with Crippen LogP contribution in [-0.4, -0.2) is 31.7 Å². The molecule has 1 aliphatic carbocycles. The zero-order chi connectivity index (χ0) is 16.8. The van der Waals surface area contributed by atoms with E-state index in [9.17, 15) is 0 Å². The Morgan fingerprint density at radius 2 is 1.83 bits per heavy atom. The minimum Gasteiger partial charge on any atom is -0.496 e. The van der Waals surface area contributed by atoms with Crippen LogP contribution in [0.4, 0.5) is 0 Å². The van der Waals surface area contributed by atoms with Gasteiger partial charge in [0, 0.05) is 30.8 Å². The van der Waals surface area contributed by atoms with Crippen LogP contribution in [0.1, 0.15) is 45.6 Å². The lowest BCUT2D eigenvalue weighted by Gasteiger charge is -2.40. The first-order valence-electron chi connectivity index (χ1n) is 8.40. The van der Waals surface area contributed by atoms with Gasteiger partial charge in [-0.05, 0) is 52.1 Å². The third-order valence-corrected chi connectivity index (χ3v) is 6.07. The Morgan fingerprint density at radius 3 is 2.48 bits per heavy atom. The summed E-state index contributed by atoms with van der Waals surface area (Å²) in [7, 11) is 3.42. The Kier molecular flexibility index (Phi) is 4.43. The zero-order valence-electron chi connectivity index (χ0n) is 14.9. The van der Waals surface area contributed by atoms with E-state index in [1.807, 2.05) is 6.07 Å². The fourth-order valence-corrected chi connectivity index (χ4v) is 5.58. The van der Waals surface area contributed by atoms with Gasteiger partial charge in [-0.1, -0.05) is 20.8 Å². The number of hydrogen-bond acceptors (Lipinski definition) is 3. The molecule has 0 unspecified atom stereocenters. The highest BCUT2D eigenvalue weighted by Gasteiger charge is 2.49. The molecule has 128 valence electrons. The Bertz CT molecular complexity index is 601. The van der Waals surface area contributed by atoms with Crippen LogP contribution in [0.2, 0.25) is 0 Å². The summed E-state index contributed by atoms with van der Waals surface area (Å²) in [4.78, 5) is 2.66. The Morgan fingerprint density at radius 1 is 1.13 bits per heavy atom. The lowest BCUT2D eigenvalue weighted by molar-refractivity contribution is 0.126. The molecule has 1 aliphatic heterocycles. The molecule has 1 saturated heterocycles. The summed E-state index contributed by atoms with van der Waals surface area (Å²) in [5.41, 5.74) is 2.15. The van der Waals surface area contributed by atoms with Gasteiger partial charge in [0.05, 0.1) is 18.7 Å². The quantitative estimate of drug-likeness (QED) is 0.742. The highest BCUT2D eigenvalue weighted by Crippen LogP contribution is 2.53. The molecular weight excluding hydrogens is 354 g/mol. The number of nitrogens with zero attached hydrogens (tertiary/aromatic N) is 1. The zero-order valence-corrected chi connectivity index (χ0v) is 16.5. The first-order chi connectivity index (χ1) is 10.8. The van der Waals surface area contributed by atoms with Gasteiger partial charge in [-0.15, -0.1) is 0 Å². The molecule has 1 saturated carbocycles. The van der Waals surface area contributed by atoms with Crippen molar-refractivity contribution in [3.8, 4) is 11.5 Å². The SMILES string of the molecule is COc1cc(OC)c(CN2C[C@@]3(C)C[C@H]2CC(C)(C)C3)cc1Br. The number of fused-ring (bicyclic) bond motifs is 2. The van der Waals surface area contributed by atoms with Gasteiger partial charge < -0.3 is 9.47 Å². The van der Waals surface area contributed by atoms with Crippen molar-refractivity contribution in [3.63, 3.8) is 0 Å². The highest BCUT2D eigenvalue weighted by atomic mass is 79.9. The predicted octanol–water partition coefficient (Wildman–Crippen LogP) is 4.87. The minimum absolute atomic E-state index is 0.455. The van der Waals surface area contributed by atoms with Crippen LogP contribution in [0, 0.1) is 10.8 Å². The van der Waals surface area contributed by atoms with Crippen LogP contribution in [0.15, 0.2) is 16.6 Å². The maximum atomic E-state index is 5.60. The molecule has 2 atom stereocenters. The summed E-state index contributed by atoms with van der Waals surface area (Å²) in [6.07, 6.45) is 3.95. The fourth-order valence-electron chi connectivity index (χ4n) is 5.03. The van der Waals surface area contributed by atoms with E-state index in [1.54, 1.807) is 14.2 Å². The molecule has 0 N–H and O–H groups in total. The summed E-state index contributed by atoms with van der Waals surface area (Å²) in [6, 6.07) is 4.81. The van der Waals surface area contributed by atoms with Crippen molar-refractivity contribution >= 4 is 15.9 Å². The summed E-state index contributed by atoms with van der Waals surface area (Å²) in [6.45, 7) is 9.44. The monoisotopic (exact) mass is 381 g/mol. The van der Waals surface area contributed by atoms with E-state index in [2.05, 4.69) is 47.7 Å². The smallest absolute Gasteiger partial charge is 0.136 e. The molecule has 23 heavy (non-hydrogen) atoms. The van der Waals surface area contributed by atoms with Gasteiger partial charge in [-0.2, -0.15) is 0 Å². The molecule has 2 aliphatic rings. The van der Waals surface area contributed by atoms with Crippen LogP contribution in [0.5, 0.6) is 11.5 Å². The van der Waals surface area contributed by atoms with E-state index >= 15 is 0 Å². The fraction of sp³-hybridized carbons (Fsp3) is 0.684. The van der Waals surface area contributed by atoms with Gasteiger partial charge in [0.15, 0.2) is 0 Å². The predicted molar refractivity (Wildman–Crippen MR) is 97.2 cm³/mol. The largest absolute Gasteiger partial charge is 0.496 e. The third-order valence-electron chi connectivity index (χ3n) is 5.45. The molecule has 2 bridgehead atoms. The van der Waals surface area contributed by atoms with Gasteiger partial charge in [-0.3, -0.25) is 4.90 Å². The summed E-state index contributed by atoms with van der Waals surface area (Å²) in [5, 5.41) is 0. The van der Waals surface area contributed by atoms with Crippen molar-refractivity contribution in [1.29, 1.82) is 0 Å². The van der Waals surface area contributed by atoms with Gasteiger partial charge in [0.1, 0.15) is 11.5 Å². The molecule has 3 nitrogen and oxygen atoms in total. The van der Waals surface area contributed by atoms with Gasteiger partial charge in [-0.25, -0.2) is 0 Å². The normalized spacial score (nSPS) is 29.6. The Balaban J connectivity index is 1.84. The van der Waals surface area contributed by atoms with E-state index < -0.39 is 0 Å². The minimum atomic E-state index is 0.455. The van der Waals surface area contributed by atoms with Crippen molar-refractivity contribution in [3.05, 3.63) is 22.2 Å². The number of hydrogen-bond donors (Lipinski definition) is 0. The van der Waals surface area contributed by atoms with Gasteiger partial charge in [0.25, 0.3) is 0 Å². The molecule has 0 spiro atoms. The van der Waals surface area contributed by atoms with Crippen molar-refractivity contribution < 1.29 is 9.47 Å². The first kappa shape index (κ1) is 17.1. The third kappa shape index (κ3) is 3.39. The molecule has 0 amide bonds. The average Bonchev–Trinajstić information content (AvgIpc) is 2.67. The number of methoxy groups -OCH3 is 2. The molecule has 1 heterocycles. The van der Waals surface area contributed by atoms with Gasteiger partial charge >= 0.3 is 0 Å². The Labute approximate surface area is 148 Å². The highest BCUT2D eigenvalue weighted by molar-refractivity contribution is 9.10. The second-order valence-corrected chi connectivity index (χ2v) is 9.27. The van der Waals surface area contributed by atoms with E-state index in [1.165, 1.54) is 31.4 Å². The standard InChI is InChI=1S/C19H28BrNO2/c1-18(2)8-14-9-19(3,11-18)12-21(14)10-13-6-15(20)17(23-5)7-16(13)22-4/h6-7,14H,8-12H2,1-5H3/t14-,19+/m1/s1. The number of halogens is 1. The maximum Gasteiger partial charge on any atom is 0.136 e. The van der Waals surface area contributed by atoms with E-state index in [0.717, 1.165) is 22.5 Å². The number of likely N-dealkylation sites (tertiary alicyclic amines) is 1. The molecule has 1 aromatic carbocycles. The van der Waals surface area contributed by atoms with E-state index in [-0.39, 0.29) is 0 Å². The van der Waals surface area contributed by atoms with Crippen molar-refractivity contribution in [2.45, 2.75) is 52.6 Å². The summed E-state index contributed by atoms with van der Waals surface area (Å²) >= 11 is 3.61. The lowest BCUT2D eigenvalue weighted by atomic mass is 9.65. The van der Waals surface area contributed by atoms with Crippen LogP contribution >= 0.6 is 15.9 Å². The molecular formula is C19H28BrNO2. The van der Waals surface area contributed by atoms with Gasteiger partial charge in [0.2, 0.25) is 0 Å². The molecule has 1 aromatic rings. The van der Waals surface area contributed by atoms with Crippen molar-refractivity contribution in [2.24, 2.45) is 10.8 Å². The molecule has 2 fully saturated rings. The van der Waals surface area contributed by atoms with Crippen LogP contribution in [-0.2, 0) is 6.54 Å². The Hall–Kier alpha value is -0.740. The first-order valence-corrected chi connectivity index (χ1v) is 9.19. The lowest BCUT2D eigenvalue weighted by Crippen LogP contribution is -2.34. The molecule has 3 rings (SSSR count). The van der Waals surface area contributed by atoms with E-state index in [0.29, 0.717) is 16.9 Å². The average molecular weight is 382 g/mol.